The van der Waals surface area contributed by atoms with Crippen molar-refractivity contribution in [3.8, 4) is 0 Å². The molecular formula is C19H28N4O4. The van der Waals surface area contributed by atoms with E-state index in [2.05, 4.69) is 10.5 Å². The van der Waals surface area contributed by atoms with E-state index >= 15 is 0 Å². The number of hydrogen-bond donors (Lipinski definition) is 1. The highest BCUT2D eigenvalue weighted by atomic mass is 16.6. The van der Waals surface area contributed by atoms with Crippen LogP contribution in [0.2, 0.25) is 0 Å². The molecule has 4 heterocycles. The number of fused-ring (bicyclic) bond motifs is 2. The second-order valence-electron chi connectivity index (χ2n) is 8.79. The Balaban J connectivity index is 1.36. The van der Waals surface area contributed by atoms with E-state index in [0.29, 0.717) is 13.1 Å². The molecule has 0 unspecified atom stereocenters. The van der Waals surface area contributed by atoms with Crippen LogP contribution in [0.4, 0.5) is 9.59 Å². The summed E-state index contributed by atoms with van der Waals surface area (Å²) in [6, 6.07) is 2.28. The number of nitrogens with zero attached hydrogens (tertiary/aromatic N) is 3. The van der Waals surface area contributed by atoms with Crippen LogP contribution in [0.3, 0.4) is 0 Å². The number of amides is 3. The van der Waals surface area contributed by atoms with Gasteiger partial charge in [-0.05, 0) is 46.5 Å². The Labute approximate surface area is 159 Å². The zero-order valence-electron chi connectivity index (χ0n) is 16.2. The molecule has 0 radical (unpaired) electrons. The third kappa shape index (κ3) is 3.75. The lowest BCUT2D eigenvalue weighted by atomic mass is 9.93. The smallest absolute Gasteiger partial charge is 0.410 e. The summed E-state index contributed by atoms with van der Waals surface area (Å²) in [5, 5.41) is 7.26. The van der Waals surface area contributed by atoms with E-state index in [0.717, 1.165) is 43.7 Å². The topological polar surface area (TPSA) is 87.9 Å². The summed E-state index contributed by atoms with van der Waals surface area (Å²) in [5.74, 6) is 1.10. The Morgan fingerprint density at radius 2 is 2.00 bits per heavy atom. The second kappa shape index (κ2) is 6.73. The van der Waals surface area contributed by atoms with Crippen LogP contribution in [0, 0.1) is 0 Å². The van der Waals surface area contributed by atoms with Crippen molar-refractivity contribution in [3.63, 3.8) is 0 Å². The van der Waals surface area contributed by atoms with Gasteiger partial charge in [0.2, 0.25) is 0 Å². The quantitative estimate of drug-likeness (QED) is 0.857. The lowest BCUT2D eigenvalue weighted by molar-refractivity contribution is 0.0199. The van der Waals surface area contributed by atoms with Crippen LogP contribution in [0.15, 0.2) is 10.6 Å². The van der Waals surface area contributed by atoms with Crippen molar-refractivity contribution < 1.29 is 18.8 Å². The maximum absolute atomic E-state index is 12.2. The number of aromatic nitrogens is 1. The summed E-state index contributed by atoms with van der Waals surface area (Å²) >= 11 is 0. The number of carbonyl (C=O) groups excluding carboxylic acids is 2. The Kier molecular flexibility index (Phi) is 4.52. The van der Waals surface area contributed by atoms with E-state index in [-0.39, 0.29) is 30.1 Å². The largest absolute Gasteiger partial charge is 0.444 e. The van der Waals surface area contributed by atoms with E-state index < -0.39 is 5.60 Å². The van der Waals surface area contributed by atoms with Crippen molar-refractivity contribution in [1.82, 2.24) is 20.3 Å². The third-order valence-electron chi connectivity index (χ3n) is 5.61. The van der Waals surface area contributed by atoms with Crippen LogP contribution in [0.1, 0.15) is 69.9 Å². The minimum Gasteiger partial charge on any atom is -0.444 e. The molecule has 3 aliphatic heterocycles. The summed E-state index contributed by atoms with van der Waals surface area (Å²) in [4.78, 5) is 27.9. The lowest BCUT2D eigenvalue weighted by Crippen LogP contribution is -2.41. The van der Waals surface area contributed by atoms with Gasteiger partial charge in [0.15, 0.2) is 0 Å². The molecule has 27 heavy (non-hydrogen) atoms. The molecule has 148 valence electrons. The molecule has 2 bridgehead atoms. The number of hydrogen-bond acceptors (Lipinski definition) is 5. The van der Waals surface area contributed by atoms with Gasteiger partial charge < -0.3 is 24.4 Å². The molecule has 0 spiro atoms. The minimum atomic E-state index is -0.478. The van der Waals surface area contributed by atoms with E-state index in [9.17, 15) is 9.59 Å². The fourth-order valence-corrected chi connectivity index (χ4v) is 4.20. The molecule has 1 N–H and O–H groups in total. The van der Waals surface area contributed by atoms with Crippen molar-refractivity contribution in [2.75, 3.05) is 19.6 Å². The normalized spacial score (nSPS) is 26.3. The Morgan fingerprint density at radius 3 is 2.70 bits per heavy atom. The molecule has 2 atom stereocenters. The second-order valence-corrected chi connectivity index (χ2v) is 8.79. The minimum absolute atomic E-state index is 0.00211. The van der Waals surface area contributed by atoms with E-state index in [1.54, 1.807) is 4.90 Å². The van der Waals surface area contributed by atoms with Crippen LogP contribution in [0.25, 0.3) is 0 Å². The predicted molar refractivity (Wildman–Crippen MR) is 97.3 cm³/mol. The predicted octanol–water partition coefficient (Wildman–Crippen LogP) is 3.02. The average molecular weight is 376 g/mol. The summed E-state index contributed by atoms with van der Waals surface area (Å²) in [6.45, 7) is 7.68. The maximum atomic E-state index is 12.2. The van der Waals surface area contributed by atoms with E-state index in [1.807, 2.05) is 31.7 Å². The number of urea groups is 1. The fourth-order valence-electron chi connectivity index (χ4n) is 4.20. The SMILES string of the molecule is CC(C)(C)OC(=O)N1CCC(c2cc([C@@H]3CC[C@@H]4CN3C(=O)N4)no2)CC1. The van der Waals surface area contributed by atoms with Crippen LogP contribution >= 0.6 is 0 Å². The lowest BCUT2D eigenvalue weighted by Gasteiger charge is -2.32. The van der Waals surface area contributed by atoms with Crippen molar-refractivity contribution in [3.05, 3.63) is 17.5 Å². The van der Waals surface area contributed by atoms with Gasteiger partial charge in [-0.1, -0.05) is 5.16 Å². The first-order chi connectivity index (χ1) is 12.8. The Morgan fingerprint density at radius 1 is 1.26 bits per heavy atom. The monoisotopic (exact) mass is 376 g/mol. The van der Waals surface area contributed by atoms with E-state index in [4.69, 9.17) is 9.26 Å². The molecule has 1 aromatic heterocycles. The number of ether oxygens (including phenoxy) is 1. The Hall–Kier alpha value is -2.25. The zero-order valence-corrected chi connectivity index (χ0v) is 16.2. The Bertz CT molecular complexity index is 718. The number of nitrogens with one attached hydrogen (secondary N) is 1. The fraction of sp³-hybridized carbons (Fsp3) is 0.737. The van der Waals surface area contributed by atoms with Crippen molar-refractivity contribution in [2.45, 2.75) is 70.1 Å². The van der Waals surface area contributed by atoms with Gasteiger partial charge >= 0.3 is 12.1 Å². The molecule has 3 saturated heterocycles. The third-order valence-corrected chi connectivity index (χ3v) is 5.61. The molecule has 0 aromatic carbocycles. The van der Waals surface area contributed by atoms with Crippen LogP contribution in [0.5, 0.6) is 0 Å². The van der Waals surface area contributed by atoms with Gasteiger partial charge in [0.1, 0.15) is 17.1 Å². The average Bonchev–Trinajstić information content (AvgIpc) is 3.20. The first-order valence-electron chi connectivity index (χ1n) is 9.82. The zero-order chi connectivity index (χ0) is 19.2. The maximum Gasteiger partial charge on any atom is 0.410 e. The molecular weight excluding hydrogens is 348 g/mol. The number of likely N-dealkylation sites (tertiary alicyclic amines) is 1. The molecule has 1 aromatic rings. The first-order valence-corrected chi connectivity index (χ1v) is 9.82. The number of rotatable bonds is 2. The van der Waals surface area contributed by atoms with Crippen LogP contribution in [-0.2, 0) is 4.74 Å². The van der Waals surface area contributed by atoms with Gasteiger partial charge in [0, 0.05) is 37.7 Å². The summed E-state index contributed by atoms with van der Waals surface area (Å²) in [6.07, 6.45) is 3.28. The summed E-state index contributed by atoms with van der Waals surface area (Å²) < 4.78 is 11.1. The summed E-state index contributed by atoms with van der Waals surface area (Å²) in [5.41, 5.74) is 0.365. The molecule has 4 rings (SSSR count). The molecule has 8 nitrogen and oxygen atoms in total. The molecule has 0 aliphatic carbocycles. The first kappa shape index (κ1) is 18.1. The van der Waals surface area contributed by atoms with E-state index in [1.165, 1.54) is 0 Å². The van der Waals surface area contributed by atoms with Gasteiger partial charge in [0.05, 0.1) is 6.04 Å². The van der Waals surface area contributed by atoms with Gasteiger partial charge in [0.25, 0.3) is 0 Å². The highest BCUT2D eigenvalue weighted by molar-refractivity contribution is 5.77. The highest BCUT2D eigenvalue weighted by Gasteiger charge is 2.40. The molecule has 0 saturated carbocycles. The van der Waals surface area contributed by atoms with Gasteiger partial charge in [-0.2, -0.15) is 0 Å². The van der Waals surface area contributed by atoms with Gasteiger partial charge in [-0.25, -0.2) is 9.59 Å². The highest BCUT2D eigenvalue weighted by Crippen LogP contribution is 2.36. The van der Waals surface area contributed by atoms with Crippen LogP contribution < -0.4 is 5.32 Å². The van der Waals surface area contributed by atoms with Gasteiger partial charge in [-0.15, -0.1) is 0 Å². The molecule has 3 amide bonds. The summed E-state index contributed by atoms with van der Waals surface area (Å²) in [7, 11) is 0. The van der Waals surface area contributed by atoms with Crippen molar-refractivity contribution in [2.24, 2.45) is 0 Å². The molecule has 3 fully saturated rings. The molecule has 3 aliphatic rings. The van der Waals surface area contributed by atoms with Crippen molar-refractivity contribution in [1.29, 1.82) is 0 Å². The number of piperidine rings is 2. The molecule has 8 heteroatoms. The van der Waals surface area contributed by atoms with Gasteiger partial charge in [-0.3, -0.25) is 0 Å². The standard InChI is InChI=1S/C19H28N4O4/c1-19(2,3)26-18(25)22-8-6-12(7-9-22)16-10-14(21-27-16)15-5-4-13-11-23(15)17(24)20-13/h10,12-13,15H,4-9,11H2,1-3H3,(H,20,24)/t13-,15+/m1/s1. The number of carbonyl (C=O) groups is 2. The van der Waals surface area contributed by atoms with Crippen molar-refractivity contribution >= 4 is 12.1 Å². The van der Waals surface area contributed by atoms with Crippen LogP contribution in [-0.4, -0.2) is 58.4 Å².